The Morgan fingerprint density at radius 2 is 0.919 bits per heavy atom. The van der Waals surface area contributed by atoms with Crippen LogP contribution >= 0.6 is 0 Å². The number of aliphatic hydroxyl groups is 7. The number of rotatable bonds is 37. The fourth-order valence-corrected chi connectivity index (χ4v) is 7.68. The molecule has 15 heteroatoms. The minimum absolute atomic E-state index is 0.159. The molecular weight excluding hydrogens is 805 g/mol. The van der Waals surface area contributed by atoms with Gasteiger partial charge in [-0.05, 0) is 38.5 Å². The van der Waals surface area contributed by atoms with Crippen molar-refractivity contribution in [3.63, 3.8) is 0 Å². The summed E-state index contributed by atoms with van der Waals surface area (Å²) in [6.45, 7) is 2.56. The third kappa shape index (κ3) is 24.0. The summed E-state index contributed by atoms with van der Waals surface area (Å²) >= 11 is 0. The molecule has 7 N–H and O–H groups in total. The first-order chi connectivity index (χ1) is 30.0. The van der Waals surface area contributed by atoms with Gasteiger partial charge in [0.1, 0.15) is 55.4 Å². The first kappa shape index (κ1) is 56.4. The molecule has 4 unspecified atom stereocenters. The summed E-state index contributed by atoms with van der Waals surface area (Å²) < 4.78 is 33.5. The monoisotopic (exact) mass is 891 g/mol. The van der Waals surface area contributed by atoms with Crippen LogP contribution in [0.15, 0.2) is 12.2 Å². The number of hydrogen-bond donors (Lipinski definition) is 7. The van der Waals surface area contributed by atoms with Gasteiger partial charge in [-0.3, -0.25) is 9.59 Å². The molecule has 2 saturated heterocycles. The van der Waals surface area contributed by atoms with Gasteiger partial charge in [-0.1, -0.05) is 142 Å². The zero-order chi connectivity index (χ0) is 45.4. The van der Waals surface area contributed by atoms with Crippen molar-refractivity contribution >= 4 is 11.9 Å². The van der Waals surface area contributed by atoms with Crippen LogP contribution in [0.5, 0.6) is 0 Å². The van der Waals surface area contributed by atoms with Gasteiger partial charge in [-0.15, -0.1) is 0 Å². The topological polar surface area (TPSA) is 231 Å². The van der Waals surface area contributed by atoms with Crippen LogP contribution in [0.25, 0.3) is 0 Å². The Balaban J connectivity index is 1.84. The molecule has 62 heavy (non-hydrogen) atoms. The number of carbonyl (C=O) groups is 2. The first-order valence-electron chi connectivity index (χ1n) is 24.3. The van der Waals surface area contributed by atoms with Crippen molar-refractivity contribution in [1.82, 2.24) is 0 Å². The number of esters is 2. The third-order valence-corrected chi connectivity index (χ3v) is 11.7. The summed E-state index contributed by atoms with van der Waals surface area (Å²) in [6, 6.07) is 0. The number of carbonyl (C=O) groups excluding carboxylic acids is 2. The van der Waals surface area contributed by atoms with Gasteiger partial charge in [0.15, 0.2) is 18.7 Å². The molecular formula is C47H86O15. The van der Waals surface area contributed by atoms with E-state index in [2.05, 4.69) is 26.0 Å². The molecule has 11 atom stereocenters. The molecule has 2 aliphatic rings. The van der Waals surface area contributed by atoms with E-state index in [1.807, 2.05) is 0 Å². The first-order valence-corrected chi connectivity index (χ1v) is 24.3. The van der Waals surface area contributed by atoms with Gasteiger partial charge in [0.25, 0.3) is 0 Å². The molecule has 0 radical (unpaired) electrons. The van der Waals surface area contributed by atoms with Gasteiger partial charge >= 0.3 is 11.9 Å². The summed E-state index contributed by atoms with van der Waals surface area (Å²) in [7, 11) is 0. The maximum atomic E-state index is 12.9. The van der Waals surface area contributed by atoms with Gasteiger partial charge in [-0.2, -0.15) is 0 Å². The van der Waals surface area contributed by atoms with Crippen LogP contribution in [0.1, 0.15) is 181 Å². The molecule has 2 fully saturated rings. The molecule has 0 bridgehead atoms. The van der Waals surface area contributed by atoms with Crippen LogP contribution in [0.4, 0.5) is 0 Å². The van der Waals surface area contributed by atoms with Crippen LogP contribution in [-0.2, 0) is 38.0 Å². The molecule has 0 saturated carbocycles. The smallest absolute Gasteiger partial charge is 0.306 e. The standard InChI is InChI=1S/C47H86O15/c1-3-5-7-9-11-13-15-17-19-21-23-25-27-29-38(49)57-32-35(60-39(50)30-28-26-24-22-20-18-16-14-12-10-8-6-4-2)33-58-46-45(56)43(54)41(52)37(62-46)34-59-47-44(55)42(53)40(51)36(31-48)61-47/h14,16,35-37,40-48,51-56H,3-13,15,17-34H2,1-2H3/b16-14+/t35-,36-,37-,40+,41+,42?,43?,44?,45?,46-,47-/m1/s1. The molecule has 0 aromatic carbocycles. The Hall–Kier alpha value is -1.76. The van der Waals surface area contributed by atoms with Gasteiger partial charge in [0.2, 0.25) is 0 Å². The van der Waals surface area contributed by atoms with E-state index in [4.69, 9.17) is 28.4 Å². The van der Waals surface area contributed by atoms with E-state index in [9.17, 15) is 45.3 Å². The Kier molecular flexibility index (Phi) is 32.3. The molecule has 0 aromatic heterocycles. The maximum Gasteiger partial charge on any atom is 0.306 e. The lowest BCUT2D eigenvalue weighted by Gasteiger charge is -2.42. The van der Waals surface area contributed by atoms with Gasteiger partial charge in [0.05, 0.1) is 19.8 Å². The summed E-state index contributed by atoms with van der Waals surface area (Å²) in [6.07, 6.45) is 15.3. The van der Waals surface area contributed by atoms with Gasteiger partial charge < -0.3 is 64.2 Å². The molecule has 2 rings (SSSR count). The quantitative estimate of drug-likeness (QED) is 0.0221. The third-order valence-electron chi connectivity index (χ3n) is 11.7. The van der Waals surface area contributed by atoms with E-state index < -0.39 is 92.7 Å². The van der Waals surface area contributed by atoms with Crippen molar-refractivity contribution in [3.8, 4) is 0 Å². The van der Waals surface area contributed by atoms with Crippen molar-refractivity contribution in [1.29, 1.82) is 0 Å². The second-order valence-corrected chi connectivity index (χ2v) is 17.3. The van der Waals surface area contributed by atoms with Crippen molar-refractivity contribution < 1.29 is 73.8 Å². The van der Waals surface area contributed by atoms with E-state index in [1.165, 1.54) is 83.5 Å². The van der Waals surface area contributed by atoms with Crippen LogP contribution < -0.4 is 0 Å². The normalized spacial score (nSPS) is 27.1. The lowest BCUT2D eigenvalue weighted by molar-refractivity contribution is -0.332. The summed E-state index contributed by atoms with van der Waals surface area (Å²) in [5.41, 5.74) is 0. The summed E-state index contributed by atoms with van der Waals surface area (Å²) in [5, 5.41) is 71.9. The van der Waals surface area contributed by atoms with Crippen LogP contribution in [0, 0.1) is 0 Å². The molecule has 0 amide bonds. The molecule has 0 aromatic rings. The summed E-state index contributed by atoms with van der Waals surface area (Å²) in [5.74, 6) is -0.929. The number of allylic oxidation sites excluding steroid dienone is 2. The molecule has 364 valence electrons. The minimum Gasteiger partial charge on any atom is -0.462 e. The lowest BCUT2D eigenvalue weighted by Crippen LogP contribution is -2.61. The van der Waals surface area contributed by atoms with E-state index in [0.717, 1.165) is 57.8 Å². The largest absolute Gasteiger partial charge is 0.462 e. The second-order valence-electron chi connectivity index (χ2n) is 17.3. The average Bonchev–Trinajstić information content (AvgIpc) is 3.26. The molecule has 2 aliphatic heterocycles. The number of unbranched alkanes of at least 4 members (excludes halogenated alkanes) is 21. The van der Waals surface area contributed by atoms with Crippen molar-refractivity contribution in [2.24, 2.45) is 0 Å². The Labute approximate surface area is 371 Å². The molecule has 2 heterocycles. The second kappa shape index (κ2) is 35.5. The van der Waals surface area contributed by atoms with Crippen LogP contribution in [0.2, 0.25) is 0 Å². The van der Waals surface area contributed by atoms with Gasteiger partial charge in [0, 0.05) is 12.8 Å². The number of hydrogen-bond acceptors (Lipinski definition) is 15. The lowest BCUT2D eigenvalue weighted by atomic mass is 9.98. The molecule has 0 spiro atoms. The molecule has 0 aliphatic carbocycles. The Morgan fingerprint density at radius 1 is 0.500 bits per heavy atom. The zero-order valence-electron chi connectivity index (χ0n) is 38.1. The highest BCUT2D eigenvalue weighted by molar-refractivity contribution is 5.70. The predicted octanol–water partition coefficient (Wildman–Crippen LogP) is 5.82. The van der Waals surface area contributed by atoms with E-state index >= 15 is 0 Å². The van der Waals surface area contributed by atoms with Crippen LogP contribution in [0.3, 0.4) is 0 Å². The zero-order valence-corrected chi connectivity index (χ0v) is 38.1. The number of aliphatic hydroxyl groups excluding tert-OH is 7. The average molecular weight is 891 g/mol. The van der Waals surface area contributed by atoms with Crippen molar-refractivity contribution in [3.05, 3.63) is 12.2 Å². The highest BCUT2D eigenvalue weighted by Gasteiger charge is 2.47. The SMILES string of the molecule is CCCCCC/C=C/CCCCCCCC(=O)O[C@H](COC(=O)CCCCCCCCCCCCCCC)CO[C@@H]1O[C@H](CO[C@@H]2O[C@H](CO)[C@H](O)C(O)C2O)[C@H](O)C(O)C1O. The van der Waals surface area contributed by atoms with Crippen molar-refractivity contribution in [2.75, 3.05) is 26.4 Å². The Bertz CT molecular complexity index is 1140. The van der Waals surface area contributed by atoms with E-state index in [0.29, 0.717) is 12.8 Å². The van der Waals surface area contributed by atoms with Crippen LogP contribution in [-0.4, -0.2) is 142 Å². The summed E-state index contributed by atoms with van der Waals surface area (Å²) in [4.78, 5) is 25.7. The predicted molar refractivity (Wildman–Crippen MR) is 234 cm³/mol. The maximum absolute atomic E-state index is 12.9. The van der Waals surface area contributed by atoms with E-state index in [1.54, 1.807) is 0 Å². The Morgan fingerprint density at radius 3 is 1.44 bits per heavy atom. The van der Waals surface area contributed by atoms with Crippen molar-refractivity contribution in [2.45, 2.75) is 248 Å². The van der Waals surface area contributed by atoms with Gasteiger partial charge in [-0.25, -0.2) is 0 Å². The highest BCUT2D eigenvalue weighted by Crippen LogP contribution is 2.26. The molecule has 15 nitrogen and oxygen atoms in total. The highest BCUT2D eigenvalue weighted by atomic mass is 16.7. The van der Waals surface area contributed by atoms with E-state index in [-0.39, 0.29) is 26.1 Å². The fourth-order valence-electron chi connectivity index (χ4n) is 7.68. The fraction of sp³-hybridized carbons (Fsp3) is 0.915. The number of ether oxygens (including phenoxy) is 6. The minimum atomic E-state index is -1.76.